The van der Waals surface area contributed by atoms with Crippen molar-refractivity contribution in [2.75, 3.05) is 26.7 Å². The van der Waals surface area contributed by atoms with Crippen LogP contribution in [-0.4, -0.2) is 48.3 Å². The van der Waals surface area contributed by atoms with E-state index in [0.717, 1.165) is 37.8 Å². The maximum Gasteiger partial charge on any atom is 0.246 e. The molecule has 4 nitrogen and oxygen atoms in total. The first kappa shape index (κ1) is 19.0. The summed E-state index contributed by atoms with van der Waals surface area (Å²) in [4.78, 5) is 28.4. The van der Waals surface area contributed by atoms with E-state index in [0.29, 0.717) is 13.1 Å². The van der Waals surface area contributed by atoms with Gasteiger partial charge in [-0.25, -0.2) is 0 Å². The third-order valence-corrected chi connectivity index (χ3v) is 4.65. The monoisotopic (exact) mass is 340 g/mol. The molecule has 0 unspecified atom stereocenters. The average Bonchev–Trinajstić information content (AvgIpc) is 2.66. The summed E-state index contributed by atoms with van der Waals surface area (Å²) in [6.07, 6.45) is 8.72. The van der Waals surface area contributed by atoms with E-state index in [1.165, 1.54) is 0 Å². The van der Waals surface area contributed by atoms with Gasteiger partial charge in [0.1, 0.15) is 0 Å². The molecule has 1 aliphatic heterocycles. The fourth-order valence-electron chi connectivity index (χ4n) is 3.08. The first-order valence-corrected chi connectivity index (χ1v) is 8.99. The van der Waals surface area contributed by atoms with Gasteiger partial charge in [-0.05, 0) is 37.3 Å². The second kappa shape index (κ2) is 9.82. The topological polar surface area (TPSA) is 40.6 Å². The Balaban J connectivity index is 1.78. The molecule has 0 bridgehead atoms. The smallest absolute Gasteiger partial charge is 0.246 e. The Morgan fingerprint density at radius 1 is 1.24 bits per heavy atom. The molecule has 4 heteroatoms. The van der Waals surface area contributed by atoms with Crippen molar-refractivity contribution >= 4 is 17.9 Å². The molecule has 0 aromatic heterocycles. The third-order valence-electron chi connectivity index (χ3n) is 4.65. The van der Waals surface area contributed by atoms with E-state index in [4.69, 9.17) is 0 Å². The van der Waals surface area contributed by atoms with Gasteiger partial charge in [0.25, 0.3) is 0 Å². The summed E-state index contributed by atoms with van der Waals surface area (Å²) < 4.78 is 0. The Hall–Kier alpha value is -2.36. The lowest BCUT2D eigenvalue weighted by molar-refractivity contribution is -0.138. The largest absolute Gasteiger partial charge is 0.346 e. The molecule has 1 heterocycles. The highest BCUT2D eigenvalue weighted by Crippen LogP contribution is 2.20. The van der Waals surface area contributed by atoms with Crippen molar-refractivity contribution in [2.45, 2.75) is 25.7 Å². The maximum absolute atomic E-state index is 12.5. The molecule has 1 saturated heterocycles. The van der Waals surface area contributed by atoms with Gasteiger partial charge in [-0.2, -0.15) is 0 Å². The maximum atomic E-state index is 12.5. The highest BCUT2D eigenvalue weighted by molar-refractivity contribution is 5.92. The summed E-state index contributed by atoms with van der Waals surface area (Å²) in [6, 6.07) is 9.79. The molecule has 0 atom stereocenters. The quantitative estimate of drug-likeness (QED) is 0.434. The van der Waals surface area contributed by atoms with Crippen molar-refractivity contribution in [2.24, 2.45) is 5.92 Å². The van der Waals surface area contributed by atoms with Gasteiger partial charge in [-0.1, -0.05) is 36.4 Å². The van der Waals surface area contributed by atoms with Crippen LogP contribution in [0.15, 0.2) is 49.1 Å². The highest BCUT2D eigenvalue weighted by Gasteiger charge is 2.28. The van der Waals surface area contributed by atoms with Crippen molar-refractivity contribution in [3.63, 3.8) is 0 Å². The molecule has 0 N–H and O–H groups in total. The Bertz CT molecular complexity index is 602. The van der Waals surface area contributed by atoms with Crippen LogP contribution in [0.5, 0.6) is 0 Å². The molecule has 1 aromatic rings. The predicted octanol–water partition coefficient (Wildman–Crippen LogP) is 3.36. The summed E-state index contributed by atoms with van der Waals surface area (Å²) in [6.45, 7) is 5.77. The molecule has 0 saturated carbocycles. The van der Waals surface area contributed by atoms with Gasteiger partial charge in [-0.3, -0.25) is 9.59 Å². The van der Waals surface area contributed by atoms with Gasteiger partial charge in [0, 0.05) is 38.7 Å². The number of allylic oxidation sites excluding steroid dienone is 1. The molecule has 0 spiro atoms. The van der Waals surface area contributed by atoms with Gasteiger partial charge in [0.2, 0.25) is 11.8 Å². The third kappa shape index (κ3) is 5.89. The molecule has 0 radical (unpaired) electrons. The van der Waals surface area contributed by atoms with Crippen molar-refractivity contribution in [1.29, 1.82) is 0 Å². The minimum Gasteiger partial charge on any atom is -0.346 e. The standard InChI is InChI=1S/C21H28N2O2/c1-3-4-8-15-22(2)21(25)19-13-16-23(17-14-19)20(24)12-11-18-9-6-5-7-10-18/h3,5-7,9-12,19H,1,4,8,13-17H2,2H3/b12-11-. The number of piperidine rings is 1. The Labute approximate surface area is 150 Å². The van der Waals surface area contributed by atoms with Gasteiger partial charge < -0.3 is 9.80 Å². The summed E-state index contributed by atoms with van der Waals surface area (Å²) in [5.74, 6) is 0.265. The molecule has 1 aliphatic rings. The minimum absolute atomic E-state index is 0.0223. The number of hydrogen-bond acceptors (Lipinski definition) is 2. The number of rotatable bonds is 7. The van der Waals surface area contributed by atoms with Crippen LogP contribution in [0.3, 0.4) is 0 Å². The minimum atomic E-state index is 0.0223. The molecular weight excluding hydrogens is 312 g/mol. The molecule has 134 valence electrons. The first-order valence-electron chi connectivity index (χ1n) is 8.99. The molecule has 0 aliphatic carbocycles. The zero-order valence-corrected chi connectivity index (χ0v) is 15.1. The van der Waals surface area contributed by atoms with Crippen LogP contribution in [-0.2, 0) is 9.59 Å². The van der Waals surface area contributed by atoms with Crippen LogP contribution in [0.2, 0.25) is 0 Å². The molecule has 25 heavy (non-hydrogen) atoms. The van der Waals surface area contributed by atoms with E-state index < -0.39 is 0 Å². The van der Waals surface area contributed by atoms with Crippen molar-refractivity contribution in [1.82, 2.24) is 9.80 Å². The van der Waals surface area contributed by atoms with E-state index in [1.807, 2.05) is 59.3 Å². The van der Waals surface area contributed by atoms with E-state index in [9.17, 15) is 9.59 Å². The van der Waals surface area contributed by atoms with Crippen LogP contribution < -0.4 is 0 Å². The molecule has 1 fully saturated rings. The number of unbranched alkanes of at least 4 members (excludes halogenated alkanes) is 1. The second-order valence-corrected chi connectivity index (χ2v) is 6.53. The highest BCUT2D eigenvalue weighted by atomic mass is 16.2. The number of carbonyl (C=O) groups is 2. The van der Waals surface area contributed by atoms with Crippen molar-refractivity contribution in [3.05, 3.63) is 54.6 Å². The van der Waals surface area contributed by atoms with Crippen molar-refractivity contribution in [3.8, 4) is 0 Å². The predicted molar refractivity (Wildman–Crippen MR) is 102 cm³/mol. The van der Waals surface area contributed by atoms with E-state index >= 15 is 0 Å². The van der Waals surface area contributed by atoms with E-state index in [1.54, 1.807) is 6.08 Å². The zero-order valence-electron chi connectivity index (χ0n) is 15.1. The SMILES string of the molecule is C=CCCCN(C)C(=O)C1CCN(C(=O)/C=C\c2ccccc2)CC1. The Kier molecular flexibility index (Phi) is 7.45. The molecular formula is C21H28N2O2. The fraction of sp³-hybridized carbons (Fsp3) is 0.429. The van der Waals surface area contributed by atoms with Crippen molar-refractivity contribution < 1.29 is 9.59 Å². The number of amides is 2. The lowest BCUT2D eigenvalue weighted by Crippen LogP contribution is -2.43. The normalized spacial score (nSPS) is 15.3. The van der Waals surface area contributed by atoms with E-state index in [2.05, 4.69) is 6.58 Å². The number of likely N-dealkylation sites (tertiary alicyclic amines) is 1. The van der Waals surface area contributed by atoms with Gasteiger partial charge >= 0.3 is 0 Å². The Morgan fingerprint density at radius 2 is 1.92 bits per heavy atom. The summed E-state index contributed by atoms with van der Waals surface area (Å²) in [5.41, 5.74) is 1.02. The lowest BCUT2D eigenvalue weighted by Gasteiger charge is -2.32. The van der Waals surface area contributed by atoms with E-state index in [-0.39, 0.29) is 17.7 Å². The zero-order chi connectivity index (χ0) is 18.1. The molecule has 1 aromatic carbocycles. The first-order chi connectivity index (χ1) is 12.1. The molecule has 2 rings (SSSR count). The van der Waals surface area contributed by atoms with Crippen LogP contribution in [0.4, 0.5) is 0 Å². The lowest BCUT2D eigenvalue weighted by atomic mass is 9.95. The second-order valence-electron chi connectivity index (χ2n) is 6.53. The van der Waals surface area contributed by atoms with Crippen LogP contribution in [0.1, 0.15) is 31.2 Å². The number of hydrogen-bond donors (Lipinski definition) is 0. The number of nitrogens with zero attached hydrogens (tertiary/aromatic N) is 2. The van der Waals surface area contributed by atoms with Crippen LogP contribution in [0.25, 0.3) is 6.08 Å². The average molecular weight is 340 g/mol. The number of carbonyl (C=O) groups excluding carboxylic acids is 2. The summed E-state index contributed by atoms with van der Waals surface area (Å²) >= 11 is 0. The number of benzene rings is 1. The fourth-order valence-corrected chi connectivity index (χ4v) is 3.08. The molecule has 2 amide bonds. The summed E-state index contributed by atoms with van der Waals surface area (Å²) in [7, 11) is 1.87. The van der Waals surface area contributed by atoms with Crippen LogP contribution in [0, 0.1) is 5.92 Å². The van der Waals surface area contributed by atoms with Gasteiger partial charge in [0.15, 0.2) is 0 Å². The van der Waals surface area contributed by atoms with Gasteiger partial charge in [-0.15, -0.1) is 6.58 Å². The Morgan fingerprint density at radius 3 is 2.56 bits per heavy atom. The van der Waals surface area contributed by atoms with Gasteiger partial charge in [0.05, 0.1) is 0 Å². The van der Waals surface area contributed by atoms with Crippen LogP contribution >= 0.6 is 0 Å². The summed E-state index contributed by atoms with van der Waals surface area (Å²) in [5, 5.41) is 0.